The Morgan fingerprint density at radius 2 is 1.64 bits per heavy atom. The van der Waals surface area contributed by atoms with Crippen molar-refractivity contribution < 1.29 is 0 Å². The lowest BCUT2D eigenvalue weighted by Crippen LogP contribution is -2.34. The molecule has 0 aromatic carbocycles. The summed E-state index contributed by atoms with van der Waals surface area (Å²) in [5.41, 5.74) is 1.01. The van der Waals surface area contributed by atoms with Gasteiger partial charge < -0.3 is 9.88 Å². The summed E-state index contributed by atoms with van der Waals surface area (Å²) < 4.78 is 0. The Bertz CT molecular complexity index is 97.9. The van der Waals surface area contributed by atoms with E-state index in [1.54, 1.807) is 0 Å². The largest absolute Gasteiger partial charge is 0.341 e. The Labute approximate surface area is 92.4 Å². The first-order valence-electron chi connectivity index (χ1n) is 6.21. The Kier molecular flexibility index (Phi) is 9.78. The maximum atomic E-state index is 3.68. The van der Waals surface area contributed by atoms with E-state index in [-0.39, 0.29) is 9.68 Å². The molecule has 0 bridgehead atoms. The molecule has 0 saturated heterocycles. The van der Waals surface area contributed by atoms with Gasteiger partial charge in [-0.05, 0) is 18.6 Å². The van der Waals surface area contributed by atoms with Gasteiger partial charge in [-0.15, -0.1) is 0 Å². The maximum Gasteiger partial charge on any atom is 0.0947 e. The molecular weight excluding hydrogens is 188 g/mol. The second-order valence-corrected chi connectivity index (χ2v) is 5.98. The molecule has 0 aliphatic carbocycles. The number of nitrogens with one attached hydrogen (secondary N) is 1. The quantitative estimate of drug-likeness (QED) is 0.465. The molecule has 14 heavy (non-hydrogen) atoms. The molecule has 0 fully saturated rings. The number of rotatable bonds is 9. The third-order valence-corrected chi connectivity index (χ3v) is 5.46. The van der Waals surface area contributed by atoms with Crippen LogP contribution in [-0.2, 0) is 0 Å². The Balaban J connectivity index is 3.35. The summed E-state index contributed by atoms with van der Waals surface area (Å²) in [5.74, 6) is 0. The Morgan fingerprint density at radius 1 is 1.07 bits per heavy atom. The van der Waals surface area contributed by atoms with E-state index in [9.17, 15) is 0 Å². The number of nitrogens with zero attached hydrogens (tertiary/aromatic N) is 1. The van der Waals surface area contributed by atoms with Gasteiger partial charge in [0.25, 0.3) is 0 Å². The van der Waals surface area contributed by atoms with E-state index in [0.29, 0.717) is 0 Å². The van der Waals surface area contributed by atoms with Crippen molar-refractivity contribution in [1.29, 1.82) is 0 Å². The van der Waals surface area contributed by atoms with Gasteiger partial charge in [-0.1, -0.05) is 40.5 Å². The lowest BCUT2D eigenvalue weighted by molar-refractivity contribution is 0.309. The number of likely N-dealkylation sites (N-methyl/N-ethyl adjacent to an activating group) is 1. The minimum atomic E-state index is -0.00969. The fourth-order valence-corrected chi connectivity index (χ4v) is 3.01. The minimum Gasteiger partial charge on any atom is -0.341 e. The number of hydrogen-bond acceptors (Lipinski definition) is 2. The Hall–Kier alpha value is 0.137. The van der Waals surface area contributed by atoms with Gasteiger partial charge in [-0.2, -0.15) is 0 Å². The van der Waals surface area contributed by atoms with Crippen LogP contribution in [0.3, 0.4) is 0 Å². The summed E-state index contributed by atoms with van der Waals surface area (Å²) in [7, 11) is -0.00969. The zero-order valence-electron chi connectivity index (χ0n) is 10.5. The van der Waals surface area contributed by atoms with Gasteiger partial charge in [0, 0.05) is 13.1 Å². The molecule has 0 aliphatic heterocycles. The van der Waals surface area contributed by atoms with Gasteiger partial charge in [-0.3, -0.25) is 0 Å². The zero-order chi connectivity index (χ0) is 10.8. The average Bonchev–Trinajstić information content (AvgIpc) is 2.24. The smallest absolute Gasteiger partial charge is 0.0947 e. The van der Waals surface area contributed by atoms with E-state index >= 15 is 0 Å². The normalized spacial score (nSPS) is 12.4. The van der Waals surface area contributed by atoms with Crippen molar-refractivity contribution in [3.63, 3.8) is 0 Å². The molecule has 0 radical (unpaired) electrons. The number of hydrogen-bond donors (Lipinski definition) is 1. The molecule has 86 valence electrons. The molecule has 2 nitrogen and oxygen atoms in total. The molecule has 0 aromatic heterocycles. The first-order chi connectivity index (χ1) is 6.78. The minimum absolute atomic E-state index is 0.00969. The molecule has 0 aliphatic rings. The van der Waals surface area contributed by atoms with Crippen LogP contribution in [0.25, 0.3) is 0 Å². The SMILES string of the molecule is CCC(CC)[SiH2]NCCN(CC)CC. The van der Waals surface area contributed by atoms with Gasteiger partial charge >= 0.3 is 0 Å². The van der Waals surface area contributed by atoms with Crippen LogP contribution in [-0.4, -0.2) is 40.8 Å². The maximum absolute atomic E-state index is 3.68. The first-order valence-corrected chi connectivity index (χ1v) is 7.73. The molecule has 0 amide bonds. The van der Waals surface area contributed by atoms with Crippen LogP contribution in [0.15, 0.2) is 0 Å². The molecular formula is C11H28N2Si. The van der Waals surface area contributed by atoms with Crippen molar-refractivity contribution in [1.82, 2.24) is 9.88 Å². The molecule has 3 heteroatoms. The van der Waals surface area contributed by atoms with Gasteiger partial charge in [-0.25, -0.2) is 0 Å². The third-order valence-electron chi connectivity index (χ3n) is 3.09. The van der Waals surface area contributed by atoms with Gasteiger partial charge in [0.05, 0.1) is 9.68 Å². The second-order valence-electron chi connectivity index (χ2n) is 3.91. The summed E-state index contributed by atoms with van der Waals surface area (Å²) in [6.07, 6.45) is 2.72. The van der Waals surface area contributed by atoms with E-state index in [0.717, 1.165) is 5.54 Å². The fourth-order valence-electron chi connectivity index (χ4n) is 1.66. The molecule has 0 atom stereocenters. The molecule has 0 saturated carbocycles. The average molecular weight is 216 g/mol. The Morgan fingerprint density at radius 3 is 2.07 bits per heavy atom. The van der Waals surface area contributed by atoms with E-state index < -0.39 is 0 Å². The predicted octanol–water partition coefficient (Wildman–Crippen LogP) is 1.61. The molecule has 0 heterocycles. The van der Waals surface area contributed by atoms with E-state index in [1.165, 1.54) is 39.0 Å². The summed E-state index contributed by atoms with van der Waals surface area (Å²) >= 11 is 0. The summed E-state index contributed by atoms with van der Waals surface area (Å²) in [6, 6.07) is 0. The van der Waals surface area contributed by atoms with Crippen molar-refractivity contribution in [2.75, 3.05) is 26.2 Å². The van der Waals surface area contributed by atoms with Crippen LogP contribution in [0.4, 0.5) is 0 Å². The van der Waals surface area contributed by atoms with Crippen molar-refractivity contribution in [2.45, 2.75) is 46.1 Å². The summed E-state index contributed by atoms with van der Waals surface area (Å²) in [6.45, 7) is 13.9. The van der Waals surface area contributed by atoms with Gasteiger partial charge in [0.2, 0.25) is 0 Å². The van der Waals surface area contributed by atoms with Crippen molar-refractivity contribution >= 4 is 9.68 Å². The van der Waals surface area contributed by atoms with Crippen molar-refractivity contribution in [3.8, 4) is 0 Å². The summed E-state index contributed by atoms with van der Waals surface area (Å²) in [4.78, 5) is 6.16. The predicted molar refractivity (Wildman–Crippen MR) is 68.7 cm³/mol. The highest BCUT2D eigenvalue weighted by molar-refractivity contribution is 6.34. The van der Waals surface area contributed by atoms with Gasteiger partial charge in [0.1, 0.15) is 0 Å². The highest BCUT2D eigenvalue weighted by Gasteiger charge is 2.03. The van der Waals surface area contributed by atoms with Crippen LogP contribution in [0.2, 0.25) is 5.54 Å². The van der Waals surface area contributed by atoms with Crippen LogP contribution in [0.1, 0.15) is 40.5 Å². The van der Waals surface area contributed by atoms with Gasteiger partial charge in [0.15, 0.2) is 0 Å². The summed E-state index contributed by atoms with van der Waals surface area (Å²) in [5, 5.41) is 0. The first kappa shape index (κ1) is 14.1. The monoisotopic (exact) mass is 216 g/mol. The second kappa shape index (κ2) is 9.68. The van der Waals surface area contributed by atoms with E-state index in [4.69, 9.17) is 0 Å². The molecule has 0 rings (SSSR count). The van der Waals surface area contributed by atoms with Crippen molar-refractivity contribution in [2.24, 2.45) is 0 Å². The third kappa shape index (κ3) is 6.57. The molecule has 1 N–H and O–H groups in total. The molecule has 0 aromatic rings. The lowest BCUT2D eigenvalue weighted by atomic mass is 10.3. The zero-order valence-corrected chi connectivity index (χ0v) is 11.9. The van der Waals surface area contributed by atoms with Crippen LogP contribution in [0, 0.1) is 0 Å². The fraction of sp³-hybridized carbons (Fsp3) is 1.00. The van der Waals surface area contributed by atoms with Crippen molar-refractivity contribution in [3.05, 3.63) is 0 Å². The van der Waals surface area contributed by atoms with Crippen LogP contribution < -0.4 is 4.98 Å². The van der Waals surface area contributed by atoms with E-state index in [1.807, 2.05) is 0 Å². The molecule has 0 unspecified atom stereocenters. The van der Waals surface area contributed by atoms with Crippen LogP contribution in [0.5, 0.6) is 0 Å². The highest BCUT2D eigenvalue weighted by atomic mass is 28.2. The van der Waals surface area contributed by atoms with E-state index in [2.05, 4.69) is 37.6 Å². The lowest BCUT2D eigenvalue weighted by Gasteiger charge is -2.19. The topological polar surface area (TPSA) is 15.3 Å². The molecule has 0 spiro atoms. The highest BCUT2D eigenvalue weighted by Crippen LogP contribution is 2.10. The standard InChI is InChI=1S/C11H28N2Si/c1-5-11(6-2)14-12-9-10-13(7-3)8-4/h11-12H,5-10,14H2,1-4H3. The van der Waals surface area contributed by atoms with Crippen LogP contribution >= 0.6 is 0 Å².